The van der Waals surface area contributed by atoms with Crippen LogP contribution >= 0.6 is 0 Å². The molecule has 0 saturated heterocycles. The van der Waals surface area contributed by atoms with Gasteiger partial charge >= 0.3 is 0 Å². The molecule has 0 aliphatic carbocycles. The summed E-state index contributed by atoms with van der Waals surface area (Å²) in [5, 5.41) is 11.9. The van der Waals surface area contributed by atoms with E-state index in [0.29, 0.717) is 5.69 Å². The topological polar surface area (TPSA) is 118 Å². The van der Waals surface area contributed by atoms with Crippen LogP contribution in [0, 0.1) is 11.7 Å². The second-order valence-electron chi connectivity index (χ2n) is 7.35. The summed E-state index contributed by atoms with van der Waals surface area (Å²) in [6.07, 6.45) is 2.98. The van der Waals surface area contributed by atoms with Gasteiger partial charge in [-0.1, -0.05) is 13.8 Å². The molecular formula is C22H23FN6O3. The van der Waals surface area contributed by atoms with Crippen molar-refractivity contribution in [1.82, 2.24) is 25.4 Å². The molecule has 2 aromatic carbocycles. The molecule has 0 bridgehead atoms. The fraction of sp³-hybridized carbons (Fsp3) is 0.227. The summed E-state index contributed by atoms with van der Waals surface area (Å²) in [5.74, 6) is -2.10. The van der Waals surface area contributed by atoms with Crippen LogP contribution in [0.2, 0.25) is 0 Å². The van der Waals surface area contributed by atoms with Crippen molar-refractivity contribution in [2.24, 2.45) is 5.92 Å². The number of anilines is 1. The molecular weight excluding hydrogens is 415 g/mol. The first-order chi connectivity index (χ1) is 15.3. The molecule has 1 atom stereocenters. The Bertz CT molecular complexity index is 1070. The van der Waals surface area contributed by atoms with Crippen LogP contribution in [0.5, 0.6) is 0 Å². The normalized spacial score (nSPS) is 11.6. The van der Waals surface area contributed by atoms with Crippen LogP contribution in [0.15, 0.2) is 61.2 Å². The third-order valence-electron chi connectivity index (χ3n) is 4.60. The van der Waals surface area contributed by atoms with Gasteiger partial charge in [0.2, 0.25) is 11.8 Å². The molecule has 1 heterocycles. The van der Waals surface area contributed by atoms with Crippen molar-refractivity contribution in [2.45, 2.75) is 19.9 Å². The lowest BCUT2D eigenvalue weighted by Crippen LogP contribution is -2.51. The average molecular weight is 438 g/mol. The first kappa shape index (κ1) is 22.6. The fourth-order valence-electron chi connectivity index (χ4n) is 2.88. The first-order valence-electron chi connectivity index (χ1n) is 9.92. The molecule has 3 rings (SSSR count). The van der Waals surface area contributed by atoms with Crippen molar-refractivity contribution in [1.29, 1.82) is 0 Å². The summed E-state index contributed by atoms with van der Waals surface area (Å²) in [6.45, 7) is 3.27. The second-order valence-corrected chi connectivity index (χ2v) is 7.35. The maximum atomic E-state index is 13.0. The molecule has 0 aliphatic heterocycles. The van der Waals surface area contributed by atoms with Crippen molar-refractivity contribution in [3.63, 3.8) is 0 Å². The number of nitrogens with one attached hydrogen (secondary N) is 3. The molecule has 0 saturated carbocycles. The maximum Gasteiger partial charge on any atom is 0.251 e. The first-order valence-corrected chi connectivity index (χ1v) is 9.92. The van der Waals surface area contributed by atoms with E-state index in [9.17, 15) is 18.8 Å². The summed E-state index contributed by atoms with van der Waals surface area (Å²) in [6, 6.07) is 11.1. The van der Waals surface area contributed by atoms with Crippen molar-refractivity contribution in [3.8, 4) is 5.69 Å². The fourth-order valence-corrected chi connectivity index (χ4v) is 2.88. The quantitative estimate of drug-likeness (QED) is 0.497. The van der Waals surface area contributed by atoms with Gasteiger partial charge in [0, 0.05) is 11.3 Å². The van der Waals surface area contributed by atoms with Crippen molar-refractivity contribution < 1.29 is 18.8 Å². The van der Waals surface area contributed by atoms with Crippen LogP contribution < -0.4 is 16.0 Å². The van der Waals surface area contributed by atoms with Gasteiger partial charge in [0.15, 0.2) is 0 Å². The Morgan fingerprint density at radius 2 is 1.72 bits per heavy atom. The zero-order valence-electron chi connectivity index (χ0n) is 17.6. The smallest absolute Gasteiger partial charge is 0.251 e. The number of hydrogen-bond donors (Lipinski definition) is 3. The number of benzene rings is 2. The molecule has 3 aromatic rings. The maximum absolute atomic E-state index is 13.0. The van der Waals surface area contributed by atoms with E-state index in [4.69, 9.17) is 0 Å². The Kier molecular flexibility index (Phi) is 7.27. The Balaban J connectivity index is 1.52. The highest BCUT2D eigenvalue weighted by Gasteiger charge is 2.25. The van der Waals surface area contributed by atoms with Gasteiger partial charge in [-0.05, 0) is 54.4 Å². The molecule has 1 aromatic heterocycles. The minimum atomic E-state index is -0.859. The Morgan fingerprint density at radius 3 is 2.31 bits per heavy atom. The van der Waals surface area contributed by atoms with Gasteiger partial charge in [-0.15, -0.1) is 0 Å². The Hall–Kier alpha value is -4.08. The third-order valence-corrected chi connectivity index (χ3v) is 4.60. The Morgan fingerprint density at radius 1 is 1.03 bits per heavy atom. The molecule has 3 N–H and O–H groups in total. The summed E-state index contributed by atoms with van der Waals surface area (Å²) in [5.41, 5.74) is 1.57. The van der Waals surface area contributed by atoms with Crippen LogP contribution in [0.4, 0.5) is 10.1 Å². The molecule has 0 fully saturated rings. The highest BCUT2D eigenvalue weighted by atomic mass is 19.1. The predicted molar refractivity (Wildman–Crippen MR) is 115 cm³/mol. The Labute approximate surface area is 184 Å². The summed E-state index contributed by atoms with van der Waals surface area (Å²) >= 11 is 0. The van der Waals surface area contributed by atoms with Gasteiger partial charge in [-0.25, -0.2) is 14.1 Å². The lowest BCUT2D eigenvalue weighted by Gasteiger charge is -2.21. The van der Waals surface area contributed by atoms with Crippen molar-refractivity contribution >= 4 is 23.4 Å². The van der Waals surface area contributed by atoms with Crippen LogP contribution in [0.1, 0.15) is 24.2 Å². The van der Waals surface area contributed by atoms with Gasteiger partial charge in [-0.2, -0.15) is 5.10 Å². The van der Waals surface area contributed by atoms with E-state index in [0.717, 1.165) is 5.69 Å². The highest BCUT2D eigenvalue weighted by Crippen LogP contribution is 2.12. The second kappa shape index (κ2) is 10.3. The monoisotopic (exact) mass is 438 g/mol. The van der Waals surface area contributed by atoms with Gasteiger partial charge in [0.25, 0.3) is 5.91 Å². The highest BCUT2D eigenvalue weighted by molar-refractivity contribution is 5.99. The molecule has 0 radical (unpaired) electrons. The number of hydrogen-bond acceptors (Lipinski definition) is 5. The van der Waals surface area contributed by atoms with Crippen molar-refractivity contribution in [3.05, 3.63) is 72.6 Å². The number of halogens is 1. The van der Waals surface area contributed by atoms with E-state index in [-0.39, 0.29) is 18.0 Å². The molecule has 3 amide bonds. The molecule has 32 heavy (non-hydrogen) atoms. The summed E-state index contributed by atoms with van der Waals surface area (Å²) < 4.78 is 14.6. The number of nitrogens with zero attached hydrogens (tertiary/aromatic N) is 3. The zero-order valence-corrected chi connectivity index (χ0v) is 17.6. The number of amides is 3. The number of carbonyl (C=O) groups is 3. The van der Waals surface area contributed by atoms with E-state index in [1.54, 1.807) is 49.1 Å². The molecule has 1 unspecified atom stereocenters. The van der Waals surface area contributed by atoms with Crippen molar-refractivity contribution in [2.75, 3.05) is 11.9 Å². The number of carbonyl (C=O) groups excluding carboxylic acids is 3. The zero-order chi connectivity index (χ0) is 23.1. The number of rotatable bonds is 8. The summed E-state index contributed by atoms with van der Waals surface area (Å²) in [4.78, 5) is 41.0. The average Bonchev–Trinajstić information content (AvgIpc) is 3.31. The number of aromatic nitrogens is 3. The van der Waals surface area contributed by atoms with Gasteiger partial charge in [0.05, 0.1) is 12.2 Å². The van der Waals surface area contributed by atoms with E-state index in [1.165, 1.54) is 30.6 Å². The summed E-state index contributed by atoms with van der Waals surface area (Å²) in [7, 11) is 0. The van der Waals surface area contributed by atoms with Gasteiger partial charge in [-0.3, -0.25) is 14.4 Å². The lowest BCUT2D eigenvalue weighted by molar-refractivity contribution is -0.126. The lowest BCUT2D eigenvalue weighted by atomic mass is 10.0. The largest absolute Gasteiger partial charge is 0.345 e. The molecule has 0 aliphatic rings. The van der Waals surface area contributed by atoms with Gasteiger partial charge < -0.3 is 16.0 Å². The van der Waals surface area contributed by atoms with E-state index in [1.807, 2.05) is 0 Å². The van der Waals surface area contributed by atoms with Crippen LogP contribution in [-0.4, -0.2) is 45.1 Å². The molecule has 166 valence electrons. The SMILES string of the molecule is CC(C)C(NC(=O)c1ccc(F)cc1)C(=O)NCC(=O)Nc1ccc(-n2cncn2)cc1. The molecule has 0 spiro atoms. The predicted octanol–water partition coefficient (Wildman–Crippen LogP) is 1.92. The minimum Gasteiger partial charge on any atom is -0.345 e. The van der Waals surface area contributed by atoms with Gasteiger partial charge in [0.1, 0.15) is 24.5 Å². The molecule has 9 nitrogen and oxygen atoms in total. The third kappa shape index (κ3) is 5.97. The van der Waals surface area contributed by atoms with E-state index < -0.39 is 29.6 Å². The van der Waals surface area contributed by atoms with Crippen LogP contribution in [0.25, 0.3) is 5.69 Å². The van der Waals surface area contributed by atoms with Crippen LogP contribution in [0.3, 0.4) is 0 Å². The van der Waals surface area contributed by atoms with Crippen LogP contribution in [-0.2, 0) is 9.59 Å². The van der Waals surface area contributed by atoms with E-state index in [2.05, 4.69) is 26.0 Å². The van der Waals surface area contributed by atoms with E-state index >= 15 is 0 Å². The standard InChI is InChI=1S/C22H23FN6O3/c1-14(2)20(28-21(31)15-3-5-16(23)6-4-15)22(32)25-11-19(30)27-17-7-9-18(10-8-17)29-13-24-12-26-29/h3-10,12-14,20H,11H2,1-2H3,(H,25,32)(H,27,30)(H,28,31). The minimum absolute atomic E-state index is 0.230. The molecule has 10 heteroatoms.